The highest BCUT2D eigenvalue weighted by molar-refractivity contribution is 7.71. The maximum atomic E-state index is 13.0. The van der Waals surface area contributed by atoms with Crippen LogP contribution < -0.4 is 0 Å². The number of para-hydroxylation sites is 1. The van der Waals surface area contributed by atoms with E-state index < -0.39 is 0 Å². The van der Waals surface area contributed by atoms with Gasteiger partial charge in [-0.05, 0) is 55.5 Å². The number of nitrogens with zero attached hydrogens (tertiary/aromatic N) is 3. The zero-order valence-electron chi connectivity index (χ0n) is 15.9. The first-order valence-corrected chi connectivity index (χ1v) is 9.88. The van der Waals surface area contributed by atoms with E-state index in [1.807, 2.05) is 49.4 Å². The molecule has 4 aromatic rings. The van der Waals surface area contributed by atoms with E-state index in [0.717, 1.165) is 22.3 Å². The molecule has 6 nitrogen and oxygen atoms in total. The lowest BCUT2D eigenvalue weighted by molar-refractivity contribution is -0.132. The summed E-state index contributed by atoms with van der Waals surface area (Å²) >= 11 is 11.3. The fourth-order valence-corrected chi connectivity index (χ4v) is 3.47. The molecule has 0 saturated heterocycles. The predicted octanol–water partition coefficient (Wildman–Crippen LogP) is 5.23. The molecule has 2 heterocycles. The van der Waals surface area contributed by atoms with E-state index >= 15 is 0 Å². The van der Waals surface area contributed by atoms with Crippen LogP contribution in [0.4, 0.5) is 0 Å². The number of halogens is 1. The Labute approximate surface area is 177 Å². The van der Waals surface area contributed by atoms with Crippen molar-refractivity contribution in [1.29, 1.82) is 0 Å². The Morgan fingerprint density at radius 1 is 1.28 bits per heavy atom. The number of nitrogens with one attached hydrogen (secondary N) is 1. The summed E-state index contributed by atoms with van der Waals surface area (Å²) in [5.41, 5.74) is 1.62. The van der Waals surface area contributed by atoms with Crippen molar-refractivity contribution in [2.75, 3.05) is 7.05 Å². The zero-order chi connectivity index (χ0) is 20.5. The monoisotopic (exact) mass is 426 g/mol. The van der Waals surface area contributed by atoms with E-state index in [9.17, 15) is 4.79 Å². The van der Waals surface area contributed by atoms with Crippen molar-refractivity contribution >= 4 is 40.7 Å². The molecule has 0 aliphatic carbocycles. The van der Waals surface area contributed by atoms with Crippen LogP contribution in [0.1, 0.15) is 18.7 Å². The lowest BCUT2D eigenvalue weighted by Gasteiger charge is -2.23. The van der Waals surface area contributed by atoms with Crippen LogP contribution in [0.2, 0.25) is 5.02 Å². The normalized spacial score (nSPS) is 12.2. The maximum absolute atomic E-state index is 13.0. The minimum Gasteiger partial charge on any atom is -0.459 e. The summed E-state index contributed by atoms with van der Waals surface area (Å²) in [4.78, 5) is 14.6. The Kier molecular flexibility index (Phi) is 5.25. The third-order valence-electron chi connectivity index (χ3n) is 4.98. The fraction of sp³-hybridized carbons (Fsp3) is 0.190. The minimum atomic E-state index is -0.227. The molecule has 0 aliphatic rings. The first kappa shape index (κ1) is 19.4. The number of furan rings is 1. The van der Waals surface area contributed by atoms with Crippen LogP contribution in [-0.4, -0.2) is 32.6 Å². The summed E-state index contributed by atoms with van der Waals surface area (Å²) in [7, 11) is 1.76. The van der Waals surface area contributed by atoms with Crippen LogP contribution in [0.25, 0.3) is 22.4 Å². The van der Waals surface area contributed by atoms with Crippen LogP contribution in [0, 0.1) is 4.77 Å². The van der Waals surface area contributed by atoms with E-state index in [2.05, 4.69) is 10.2 Å². The van der Waals surface area contributed by atoms with Crippen LogP contribution in [0.15, 0.2) is 59.0 Å². The SMILES string of the molecule is CC(c1cc2ccccc2o1)N(C)C(=O)Cn1c(-c2ccc(Cl)cc2)n[nH]c1=S. The van der Waals surface area contributed by atoms with Gasteiger partial charge in [-0.25, -0.2) is 0 Å². The van der Waals surface area contributed by atoms with Gasteiger partial charge in [0.15, 0.2) is 10.6 Å². The van der Waals surface area contributed by atoms with Crippen molar-refractivity contribution in [3.63, 3.8) is 0 Å². The van der Waals surface area contributed by atoms with Crippen LogP contribution in [0.3, 0.4) is 0 Å². The molecule has 0 aliphatic heterocycles. The Morgan fingerprint density at radius 2 is 2.00 bits per heavy atom. The zero-order valence-corrected chi connectivity index (χ0v) is 17.5. The second kappa shape index (κ2) is 7.85. The number of amides is 1. The number of hydrogen-bond donors (Lipinski definition) is 1. The summed E-state index contributed by atoms with van der Waals surface area (Å²) in [6, 6.07) is 16.8. The number of likely N-dealkylation sites (N-methyl/N-ethyl adjacent to an activating group) is 1. The molecule has 0 fully saturated rings. The quantitative estimate of drug-likeness (QED) is 0.444. The van der Waals surface area contributed by atoms with Gasteiger partial charge in [-0.15, -0.1) is 0 Å². The largest absolute Gasteiger partial charge is 0.459 e. The van der Waals surface area contributed by atoms with Crippen LogP contribution >= 0.6 is 23.8 Å². The van der Waals surface area contributed by atoms with Crippen molar-refractivity contribution < 1.29 is 9.21 Å². The molecule has 0 spiro atoms. The number of aromatic nitrogens is 3. The Morgan fingerprint density at radius 3 is 2.72 bits per heavy atom. The van der Waals surface area contributed by atoms with Crippen molar-refractivity contribution in [2.45, 2.75) is 19.5 Å². The Hall–Kier alpha value is -2.90. The lowest BCUT2D eigenvalue weighted by Crippen LogP contribution is -2.32. The highest BCUT2D eigenvalue weighted by Crippen LogP contribution is 2.27. The van der Waals surface area contributed by atoms with Crippen LogP contribution in [0.5, 0.6) is 0 Å². The van der Waals surface area contributed by atoms with Gasteiger partial charge in [0.05, 0.1) is 6.04 Å². The molecule has 2 aromatic carbocycles. The fourth-order valence-electron chi connectivity index (χ4n) is 3.15. The molecule has 0 radical (unpaired) electrons. The third kappa shape index (κ3) is 3.83. The molecule has 0 saturated carbocycles. The van der Waals surface area contributed by atoms with Gasteiger partial charge in [0.1, 0.15) is 17.9 Å². The van der Waals surface area contributed by atoms with Crippen LogP contribution in [-0.2, 0) is 11.3 Å². The van der Waals surface area contributed by atoms with Crippen molar-refractivity contribution in [2.24, 2.45) is 0 Å². The first-order chi connectivity index (χ1) is 13.9. The van der Waals surface area contributed by atoms with E-state index in [1.165, 1.54) is 0 Å². The minimum absolute atomic E-state index is 0.0639. The van der Waals surface area contributed by atoms with Gasteiger partial charge in [-0.1, -0.05) is 29.8 Å². The van der Waals surface area contributed by atoms with Crippen molar-refractivity contribution in [1.82, 2.24) is 19.7 Å². The van der Waals surface area contributed by atoms with Crippen molar-refractivity contribution in [3.05, 3.63) is 70.2 Å². The summed E-state index contributed by atoms with van der Waals surface area (Å²) in [6.07, 6.45) is 0. The molecular formula is C21H19ClN4O2S. The molecule has 1 N–H and O–H groups in total. The predicted molar refractivity (Wildman–Crippen MR) is 115 cm³/mol. The van der Waals surface area contributed by atoms with Crippen molar-refractivity contribution in [3.8, 4) is 11.4 Å². The lowest BCUT2D eigenvalue weighted by atomic mass is 10.2. The Bertz CT molecular complexity index is 1190. The summed E-state index contributed by atoms with van der Waals surface area (Å²) in [5, 5.41) is 8.68. The molecule has 2 aromatic heterocycles. The van der Waals surface area contributed by atoms with E-state index in [-0.39, 0.29) is 18.5 Å². The molecule has 1 amide bonds. The number of carbonyl (C=O) groups is 1. The van der Waals surface area contributed by atoms with Gasteiger partial charge >= 0.3 is 0 Å². The van der Waals surface area contributed by atoms with Gasteiger partial charge in [-0.2, -0.15) is 5.10 Å². The summed E-state index contributed by atoms with van der Waals surface area (Å²) in [6.45, 7) is 2.00. The van der Waals surface area contributed by atoms with Gasteiger partial charge in [0.25, 0.3) is 0 Å². The number of H-pyrrole nitrogens is 1. The second-order valence-electron chi connectivity index (χ2n) is 6.81. The van der Waals surface area contributed by atoms with Gasteiger partial charge in [-0.3, -0.25) is 14.5 Å². The molecule has 1 unspecified atom stereocenters. The smallest absolute Gasteiger partial charge is 0.243 e. The number of aromatic amines is 1. The Balaban J connectivity index is 1.57. The topological polar surface area (TPSA) is 67.1 Å². The highest BCUT2D eigenvalue weighted by atomic mass is 35.5. The third-order valence-corrected chi connectivity index (χ3v) is 5.55. The van der Waals surface area contributed by atoms with Gasteiger partial charge in [0, 0.05) is 23.0 Å². The molecule has 4 rings (SSSR count). The standard InChI is InChI=1S/C21H19ClN4O2S/c1-13(18-11-15-5-3-4-6-17(15)28-18)25(2)19(27)12-26-20(23-24-21(26)29)14-7-9-16(22)10-8-14/h3-11,13H,12H2,1-2H3,(H,24,29). The molecule has 8 heteroatoms. The molecule has 0 bridgehead atoms. The number of fused-ring (bicyclic) bond motifs is 1. The number of hydrogen-bond acceptors (Lipinski definition) is 4. The van der Waals surface area contributed by atoms with E-state index in [1.54, 1.807) is 28.6 Å². The number of benzene rings is 2. The van der Waals surface area contributed by atoms with E-state index in [0.29, 0.717) is 15.6 Å². The number of rotatable bonds is 5. The average molecular weight is 427 g/mol. The second-order valence-corrected chi connectivity index (χ2v) is 7.64. The van der Waals surface area contributed by atoms with E-state index in [4.69, 9.17) is 28.2 Å². The molecule has 148 valence electrons. The van der Waals surface area contributed by atoms with Gasteiger partial charge < -0.3 is 9.32 Å². The first-order valence-electron chi connectivity index (χ1n) is 9.09. The molecule has 1 atom stereocenters. The molecular weight excluding hydrogens is 408 g/mol. The number of carbonyl (C=O) groups excluding carboxylic acids is 1. The summed E-state index contributed by atoms with van der Waals surface area (Å²) < 4.78 is 7.98. The average Bonchev–Trinajstić information content (AvgIpc) is 3.31. The maximum Gasteiger partial charge on any atom is 0.243 e. The summed E-state index contributed by atoms with van der Waals surface area (Å²) in [5.74, 6) is 1.21. The molecule has 29 heavy (non-hydrogen) atoms. The highest BCUT2D eigenvalue weighted by Gasteiger charge is 2.22. The van der Waals surface area contributed by atoms with Gasteiger partial charge in [0.2, 0.25) is 5.91 Å².